The minimum atomic E-state index is -2.92. The standard InChI is InChI=1S/C12H15NO12/c14-6(15)1-12(11(23)24,2-7(16)17)25-10(22)5-13(3-8(18)19)4-9(20)21/h1-5H2,(H,14,15)(H,16,17)(H,18,19)(H,20,21)(H,23,24). The molecular formula is C12H15NO12. The van der Waals surface area contributed by atoms with E-state index in [0.29, 0.717) is 4.90 Å². The minimum absolute atomic E-state index is 0.571. The van der Waals surface area contributed by atoms with Crippen LogP contribution in [0.5, 0.6) is 0 Å². The third-order valence-electron chi connectivity index (χ3n) is 2.64. The quantitative estimate of drug-likeness (QED) is 0.232. The molecule has 0 heterocycles. The number of rotatable bonds is 12. The molecule has 25 heavy (non-hydrogen) atoms. The SMILES string of the molecule is O=C(O)CN(CC(=O)O)CC(=O)OC(CC(=O)O)(CC(=O)O)C(=O)O. The monoisotopic (exact) mass is 365 g/mol. The molecular weight excluding hydrogens is 350 g/mol. The van der Waals surface area contributed by atoms with Gasteiger partial charge in [-0.2, -0.15) is 0 Å². The molecule has 0 bridgehead atoms. The number of carbonyl (C=O) groups excluding carboxylic acids is 1. The molecule has 5 N–H and O–H groups in total. The second-order valence-electron chi connectivity index (χ2n) is 4.85. The summed E-state index contributed by atoms with van der Waals surface area (Å²) in [7, 11) is 0. The lowest BCUT2D eigenvalue weighted by Crippen LogP contribution is -2.49. The van der Waals surface area contributed by atoms with Crippen LogP contribution < -0.4 is 0 Å². The predicted molar refractivity (Wildman–Crippen MR) is 72.7 cm³/mol. The Morgan fingerprint density at radius 2 is 1.08 bits per heavy atom. The molecule has 0 amide bonds. The lowest BCUT2D eigenvalue weighted by molar-refractivity contribution is -0.186. The van der Waals surface area contributed by atoms with Crippen molar-refractivity contribution in [3.63, 3.8) is 0 Å². The first kappa shape index (κ1) is 21.8. The van der Waals surface area contributed by atoms with Gasteiger partial charge in [0, 0.05) is 0 Å². The van der Waals surface area contributed by atoms with Gasteiger partial charge in [-0.3, -0.25) is 28.9 Å². The molecule has 0 atom stereocenters. The maximum atomic E-state index is 11.8. The summed E-state index contributed by atoms with van der Waals surface area (Å²) in [6, 6.07) is 0. The summed E-state index contributed by atoms with van der Waals surface area (Å²) in [5, 5.41) is 43.8. The van der Waals surface area contributed by atoms with Crippen LogP contribution in [-0.4, -0.2) is 91.5 Å². The molecule has 13 nitrogen and oxygen atoms in total. The number of carbonyl (C=O) groups is 6. The summed E-state index contributed by atoms with van der Waals surface area (Å²) in [6.45, 7) is -2.81. The largest absolute Gasteiger partial charge is 0.481 e. The van der Waals surface area contributed by atoms with E-state index >= 15 is 0 Å². The highest BCUT2D eigenvalue weighted by Crippen LogP contribution is 2.22. The van der Waals surface area contributed by atoms with Gasteiger partial charge in [0.2, 0.25) is 5.60 Å². The van der Waals surface area contributed by atoms with Gasteiger partial charge in [0.25, 0.3) is 0 Å². The zero-order valence-electron chi connectivity index (χ0n) is 12.6. The van der Waals surface area contributed by atoms with Gasteiger partial charge in [-0.05, 0) is 0 Å². The van der Waals surface area contributed by atoms with Gasteiger partial charge in [-0.1, -0.05) is 0 Å². The summed E-state index contributed by atoms with van der Waals surface area (Å²) in [6.07, 6.45) is -2.73. The first-order chi connectivity index (χ1) is 11.4. The maximum Gasteiger partial charge on any atom is 0.349 e. The number of ether oxygens (including phenoxy) is 1. The third kappa shape index (κ3) is 8.26. The third-order valence-corrected chi connectivity index (χ3v) is 2.64. The van der Waals surface area contributed by atoms with Crippen molar-refractivity contribution in [2.24, 2.45) is 0 Å². The summed E-state index contributed by atoms with van der Waals surface area (Å²) in [4.78, 5) is 66.4. The van der Waals surface area contributed by atoms with Crippen LogP contribution in [0.25, 0.3) is 0 Å². The average molecular weight is 365 g/mol. The van der Waals surface area contributed by atoms with Crippen molar-refractivity contribution < 1.29 is 59.0 Å². The van der Waals surface area contributed by atoms with Gasteiger partial charge in [0.05, 0.1) is 32.5 Å². The summed E-state index contributed by atoms with van der Waals surface area (Å²) in [5.74, 6) is -10.0. The highest BCUT2D eigenvalue weighted by atomic mass is 16.6. The average Bonchev–Trinajstić information content (AvgIpc) is 2.33. The number of aliphatic carboxylic acids is 5. The van der Waals surface area contributed by atoms with E-state index in [2.05, 4.69) is 4.74 Å². The normalized spacial score (nSPS) is 10.9. The fourth-order valence-corrected chi connectivity index (χ4v) is 1.80. The number of nitrogens with zero attached hydrogens (tertiary/aromatic N) is 1. The number of hydrogen-bond acceptors (Lipinski definition) is 8. The van der Waals surface area contributed by atoms with Crippen LogP contribution >= 0.6 is 0 Å². The molecule has 13 heteroatoms. The number of carboxylic acids is 5. The van der Waals surface area contributed by atoms with Crippen molar-refractivity contribution in [3.05, 3.63) is 0 Å². The summed E-state index contributed by atoms with van der Waals surface area (Å²) in [5.41, 5.74) is -2.92. The summed E-state index contributed by atoms with van der Waals surface area (Å²) >= 11 is 0. The van der Waals surface area contributed by atoms with E-state index in [9.17, 15) is 28.8 Å². The van der Waals surface area contributed by atoms with E-state index in [0.717, 1.165) is 0 Å². The second-order valence-corrected chi connectivity index (χ2v) is 4.85. The zero-order valence-corrected chi connectivity index (χ0v) is 12.6. The Kier molecular flexibility index (Phi) is 7.99. The molecule has 0 rings (SSSR count). The first-order valence-electron chi connectivity index (χ1n) is 6.42. The fraction of sp³-hybridized carbons (Fsp3) is 0.500. The molecule has 0 aromatic rings. The molecule has 0 unspecified atom stereocenters. The first-order valence-corrected chi connectivity index (χ1v) is 6.42. The molecule has 0 aliphatic rings. The molecule has 0 saturated carbocycles. The Hall–Kier alpha value is -3.22. The Morgan fingerprint density at radius 1 is 0.680 bits per heavy atom. The van der Waals surface area contributed by atoms with Crippen molar-refractivity contribution >= 4 is 35.8 Å². The van der Waals surface area contributed by atoms with Crippen LogP contribution in [0, 0.1) is 0 Å². The topological polar surface area (TPSA) is 216 Å². The Bertz CT molecular complexity index is 551. The van der Waals surface area contributed by atoms with Crippen LogP contribution in [0.1, 0.15) is 12.8 Å². The van der Waals surface area contributed by atoms with Crippen molar-refractivity contribution in [1.29, 1.82) is 0 Å². The number of hydrogen-bond donors (Lipinski definition) is 5. The number of esters is 1. The Labute approximate surface area is 139 Å². The van der Waals surface area contributed by atoms with E-state index in [1.807, 2.05) is 0 Å². The van der Waals surface area contributed by atoms with E-state index in [4.69, 9.17) is 25.5 Å². The molecule has 0 aromatic heterocycles. The molecule has 0 spiro atoms. The predicted octanol–water partition coefficient (Wildman–Crippen LogP) is -2.23. The highest BCUT2D eigenvalue weighted by Gasteiger charge is 2.47. The Morgan fingerprint density at radius 3 is 1.36 bits per heavy atom. The molecule has 0 aromatic carbocycles. The molecule has 0 fully saturated rings. The van der Waals surface area contributed by atoms with Crippen LogP contribution in [0.3, 0.4) is 0 Å². The number of carboxylic acid groups (broad SMARTS) is 5. The molecule has 0 radical (unpaired) electrons. The van der Waals surface area contributed by atoms with Gasteiger partial charge in [-0.15, -0.1) is 0 Å². The van der Waals surface area contributed by atoms with Gasteiger partial charge >= 0.3 is 35.8 Å². The van der Waals surface area contributed by atoms with Crippen LogP contribution in [0.15, 0.2) is 0 Å². The molecule has 140 valence electrons. The smallest absolute Gasteiger partial charge is 0.349 e. The van der Waals surface area contributed by atoms with Crippen molar-refractivity contribution in [2.75, 3.05) is 19.6 Å². The van der Waals surface area contributed by atoms with Crippen LogP contribution in [0.4, 0.5) is 0 Å². The fourth-order valence-electron chi connectivity index (χ4n) is 1.80. The van der Waals surface area contributed by atoms with E-state index in [1.165, 1.54) is 0 Å². The van der Waals surface area contributed by atoms with Gasteiger partial charge < -0.3 is 30.3 Å². The summed E-state index contributed by atoms with van der Waals surface area (Å²) < 4.78 is 4.49. The van der Waals surface area contributed by atoms with E-state index in [-0.39, 0.29) is 0 Å². The maximum absolute atomic E-state index is 11.8. The minimum Gasteiger partial charge on any atom is -0.481 e. The van der Waals surface area contributed by atoms with E-state index < -0.39 is 73.9 Å². The van der Waals surface area contributed by atoms with Crippen LogP contribution in [0.2, 0.25) is 0 Å². The van der Waals surface area contributed by atoms with Gasteiger partial charge in [0.15, 0.2) is 0 Å². The van der Waals surface area contributed by atoms with Gasteiger partial charge in [-0.25, -0.2) is 4.79 Å². The molecule has 0 aliphatic heterocycles. The second kappa shape index (κ2) is 9.17. The van der Waals surface area contributed by atoms with Crippen molar-refractivity contribution in [2.45, 2.75) is 18.4 Å². The lowest BCUT2D eigenvalue weighted by Gasteiger charge is -2.27. The van der Waals surface area contributed by atoms with E-state index in [1.54, 1.807) is 0 Å². The molecule has 0 aliphatic carbocycles. The zero-order chi connectivity index (χ0) is 19.8. The highest BCUT2D eigenvalue weighted by molar-refractivity contribution is 5.91. The lowest BCUT2D eigenvalue weighted by atomic mass is 9.95. The van der Waals surface area contributed by atoms with Crippen LogP contribution in [-0.2, 0) is 33.5 Å². The molecule has 0 saturated heterocycles. The van der Waals surface area contributed by atoms with Crippen molar-refractivity contribution in [1.82, 2.24) is 4.90 Å². The Balaban J connectivity index is 5.36. The van der Waals surface area contributed by atoms with Crippen molar-refractivity contribution in [3.8, 4) is 0 Å². The van der Waals surface area contributed by atoms with Gasteiger partial charge in [0.1, 0.15) is 0 Å².